The van der Waals surface area contributed by atoms with Crippen molar-refractivity contribution in [3.63, 3.8) is 0 Å². The van der Waals surface area contributed by atoms with Gasteiger partial charge in [-0.3, -0.25) is 4.79 Å². The van der Waals surface area contributed by atoms with Gasteiger partial charge in [-0.25, -0.2) is 0 Å². The van der Waals surface area contributed by atoms with E-state index in [1.165, 1.54) is 0 Å². The summed E-state index contributed by atoms with van der Waals surface area (Å²) >= 11 is 6.09. The van der Waals surface area contributed by atoms with E-state index in [-0.39, 0.29) is 17.4 Å². The summed E-state index contributed by atoms with van der Waals surface area (Å²) in [7, 11) is 0. The Morgan fingerprint density at radius 3 is 2.52 bits per heavy atom. The van der Waals surface area contributed by atoms with E-state index in [0.29, 0.717) is 0 Å². The summed E-state index contributed by atoms with van der Waals surface area (Å²) in [6.07, 6.45) is 1.67. The number of carbonyl (C=O) groups excluding carboxylic acids is 1. The molecule has 0 aromatic heterocycles. The van der Waals surface area contributed by atoms with Gasteiger partial charge in [0.25, 0.3) is 5.91 Å². The van der Waals surface area contributed by atoms with Crippen LogP contribution in [0.2, 0.25) is 5.02 Å². The number of hydrogen-bond donors (Lipinski definition) is 1. The minimum absolute atomic E-state index is 0.111. The predicted octanol–water partition coefficient (Wildman–Crippen LogP) is 4.63. The second-order valence-corrected chi connectivity index (χ2v) is 7.79. The lowest BCUT2D eigenvalue weighted by molar-refractivity contribution is -0.112. The Balaban J connectivity index is 1.65. The Hall–Kier alpha value is -2.97. The molecule has 0 saturated carbocycles. The van der Waals surface area contributed by atoms with Gasteiger partial charge in [-0.1, -0.05) is 49.7 Å². The maximum atomic E-state index is 12.7. The molecule has 29 heavy (non-hydrogen) atoms. The second-order valence-electron chi connectivity index (χ2n) is 7.35. The lowest BCUT2D eigenvalue weighted by atomic mass is 10.0. The van der Waals surface area contributed by atoms with Crippen molar-refractivity contribution in [1.82, 2.24) is 4.90 Å². The van der Waals surface area contributed by atoms with Crippen molar-refractivity contribution in [3.05, 3.63) is 70.9 Å². The molecule has 1 amide bonds. The fourth-order valence-corrected chi connectivity index (χ4v) is 3.59. The van der Waals surface area contributed by atoms with Gasteiger partial charge in [-0.2, -0.15) is 5.26 Å². The number of rotatable bonds is 5. The molecule has 1 heterocycles. The molecule has 1 fully saturated rings. The molecule has 6 heteroatoms. The van der Waals surface area contributed by atoms with Crippen LogP contribution < -0.4 is 10.2 Å². The molecular weight excluding hydrogens is 384 g/mol. The maximum Gasteiger partial charge on any atom is 0.267 e. The third kappa shape index (κ3) is 5.30. The number of para-hydroxylation sites is 1. The van der Waals surface area contributed by atoms with Crippen LogP contribution in [0.5, 0.6) is 0 Å². The van der Waals surface area contributed by atoms with E-state index < -0.39 is 0 Å². The molecular formula is C23H25ClN4O. The zero-order valence-corrected chi connectivity index (χ0v) is 17.5. The van der Waals surface area contributed by atoms with Crippen LogP contribution in [0.25, 0.3) is 0 Å². The van der Waals surface area contributed by atoms with Gasteiger partial charge >= 0.3 is 0 Å². The van der Waals surface area contributed by atoms with Gasteiger partial charge in [0, 0.05) is 48.8 Å². The quantitative estimate of drug-likeness (QED) is 0.578. The number of benzene rings is 2. The van der Waals surface area contributed by atoms with Crippen molar-refractivity contribution in [3.8, 4) is 6.07 Å². The fraction of sp³-hybridized carbons (Fsp3) is 0.304. The van der Waals surface area contributed by atoms with Crippen LogP contribution in [-0.2, 0) is 4.79 Å². The molecule has 0 atom stereocenters. The van der Waals surface area contributed by atoms with Crippen LogP contribution in [-0.4, -0.2) is 37.0 Å². The fourth-order valence-electron chi connectivity index (χ4n) is 3.41. The van der Waals surface area contributed by atoms with Crippen molar-refractivity contribution >= 4 is 28.9 Å². The van der Waals surface area contributed by atoms with Crippen LogP contribution in [0, 0.1) is 11.3 Å². The highest BCUT2D eigenvalue weighted by Gasteiger charge is 2.18. The van der Waals surface area contributed by atoms with Crippen molar-refractivity contribution < 1.29 is 4.79 Å². The van der Waals surface area contributed by atoms with E-state index in [1.54, 1.807) is 6.20 Å². The Kier molecular flexibility index (Phi) is 6.79. The molecule has 3 rings (SSSR count). The second kappa shape index (κ2) is 9.49. The molecule has 0 aliphatic carbocycles. The average molecular weight is 409 g/mol. The van der Waals surface area contributed by atoms with E-state index in [4.69, 9.17) is 11.6 Å². The number of carbonyl (C=O) groups is 1. The van der Waals surface area contributed by atoms with Gasteiger partial charge in [0.1, 0.15) is 11.6 Å². The van der Waals surface area contributed by atoms with E-state index in [0.717, 1.165) is 48.1 Å². The summed E-state index contributed by atoms with van der Waals surface area (Å²) in [5, 5.41) is 13.1. The van der Waals surface area contributed by atoms with E-state index in [1.807, 2.05) is 59.5 Å². The van der Waals surface area contributed by atoms with Crippen molar-refractivity contribution in [2.45, 2.75) is 19.8 Å². The zero-order valence-electron chi connectivity index (χ0n) is 16.7. The normalized spacial score (nSPS) is 14.7. The van der Waals surface area contributed by atoms with E-state index >= 15 is 0 Å². The summed E-state index contributed by atoms with van der Waals surface area (Å²) in [6, 6.07) is 17.5. The lowest BCUT2D eigenvalue weighted by Crippen LogP contribution is -2.44. The third-order valence-electron chi connectivity index (χ3n) is 5.00. The van der Waals surface area contributed by atoms with Crippen molar-refractivity contribution in [1.29, 1.82) is 5.26 Å². The van der Waals surface area contributed by atoms with Crippen LogP contribution in [0.4, 0.5) is 11.4 Å². The highest BCUT2D eigenvalue weighted by molar-refractivity contribution is 6.30. The summed E-state index contributed by atoms with van der Waals surface area (Å²) < 4.78 is 0. The topological polar surface area (TPSA) is 59.4 Å². The van der Waals surface area contributed by atoms with Gasteiger partial charge in [0.15, 0.2) is 0 Å². The molecule has 1 saturated heterocycles. The summed E-state index contributed by atoms with van der Waals surface area (Å²) in [4.78, 5) is 16.9. The lowest BCUT2D eigenvalue weighted by Gasteiger charge is -2.35. The average Bonchev–Trinajstić information content (AvgIpc) is 2.72. The number of anilines is 2. The minimum atomic E-state index is -0.377. The zero-order chi connectivity index (χ0) is 20.8. The summed E-state index contributed by atoms with van der Waals surface area (Å²) in [6.45, 7) is 7.21. The number of nitrogens with zero attached hydrogens (tertiary/aromatic N) is 3. The molecule has 1 aliphatic rings. The van der Waals surface area contributed by atoms with Crippen molar-refractivity contribution in [2.24, 2.45) is 0 Å². The molecule has 0 bridgehead atoms. The molecule has 1 aliphatic heterocycles. The van der Waals surface area contributed by atoms with Crippen LogP contribution in [0.1, 0.15) is 25.3 Å². The number of piperazine rings is 1. The first-order valence-corrected chi connectivity index (χ1v) is 10.1. The summed E-state index contributed by atoms with van der Waals surface area (Å²) in [5.74, 6) is -0.0987. The van der Waals surface area contributed by atoms with Crippen LogP contribution >= 0.6 is 11.6 Å². The molecule has 2 aromatic carbocycles. The monoisotopic (exact) mass is 408 g/mol. The van der Waals surface area contributed by atoms with Crippen molar-refractivity contribution in [2.75, 3.05) is 36.4 Å². The molecule has 5 nitrogen and oxygen atoms in total. The smallest absolute Gasteiger partial charge is 0.267 e. The highest BCUT2D eigenvalue weighted by Crippen LogP contribution is 2.24. The first kappa shape index (κ1) is 20.8. The van der Waals surface area contributed by atoms with Gasteiger partial charge < -0.3 is 15.1 Å². The third-order valence-corrected chi connectivity index (χ3v) is 5.23. The van der Waals surface area contributed by atoms with E-state index in [2.05, 4.69) is 24.1 Å². The Bertz CT molecular complexity index is 940. The summed E-state index contributed by atoms with van der Waals surface area (Å²) in [5.41, 5.74) is 3.00. The molecule has 0 radical (unpaired) electrons. The number of halogens is 1. The highest BCUT2D eigenvalue weighted by atomic mass is 35.5. The predicted molar refractivity (Wildman–Crippen MR) is 118 cm³/mol. The molecule has 0 spiro atoms. The number of nitrogens with one attached hydrogen (secondary N) is 1. The molecule has 150 valence electrons. The maximum absolute atomic E-state index is 12.7. The number of amides is 1. The molecule has 0 unspecified atom stereocenters. The molecule has 2 aromatic rings. The number of nitriles is 1. The van der Waals surface area contributed by atoms with Crippen LogP contribution in [0.15, 0.2) is 60.3 Å². The van der Waals surface area contributed by atoms with Crippen LogP contribution in [0.3, 0.4) is 0 Å². The first-order chi connectivity index (χ1) is 14.0. The largest absolute Gasteiger partial charge is 0.373 e. The Morgan fingerprint density at radius 2 is 1.86 bits per heavy atom. The Morgan fingerprint density at radius 1 is 1.14 bits per heavy atom. The standard InChI is InChI=1S/C23H25ClN4O/c1-17(2)21-8-3-4-9-22(21)26-23(29)18(15-25)16-27-10-12-28(13-11-27)20-7-5-6-19(24)14-20/h3-9,14,16-17H,10-13H2,1-2H3,(H,26,29)/b18-16-. The van der Waals surface area contributed by atoms with Gasteiger partial charge in [-0.05, 0) is 35.7 Å². The SMILES string of the molecule is CC(C)c1ccccc1NC(=O)/C(C#N)=C\N1CCN(c2cccc(Cl)c2)CC1. The van der Waals surface area contributed by atoms with Gasteiger partial charge in [0.2, 0.25) is 0 Å². The van der Waals surface area contributed by atoms with Gasteiger partial charge in [-0.15, -0.1) is 0 Å². The minimum Gasteiger partial charge on any atom is -0.373 e. The molecule has 1 N–H and O–H groups in total. The van der Waals surface area contributed by atoms with E-state index in [9.17, 15) is 10.1 Å². The Labute approximate surface area is 177 Å². The van der Waals surface area contributed by atoms with Gasteiger partial charge in [0.05, 0.1) is 0 Å². The first-order valence-electron chi connectivity index (χ1n) is 9.74. The number of hydrogen-bond acceptors (Lipinski definition) is 4.